The van der Waals surface area contributed by atoms with Gasteiger partial charge in [-0.25, -0.2) is 4.68 Å². The van der Waals surface area contributed by atoms with Crippen molar-refractivity contribution in [1.82, 2.24) is 19.9 Å². The van der Waals surface area contributed by atoms with Gasteiger partial charge in [-0.1, -0.05) is 73.1 Å². The van der Waals surface area contributed by atoms with E-state index in [1.54, 1.807) is 11.6 Å². The number of aryl methyl sites for hydroxylation is 2. The number of halogens is 1. The van der Waals surface area contributed by atoms with Crippen LogP contribution in [0.25, 0.3) is 11.5 Å². The van der Waals surface area contributed by atoms with Crippen molar-refractivity contribution in [3.05, 3.63) is 81.9 Å². The fraction of sp³-hybridized carbons (Fsp3) is 0.250. The van der Waals surface area contributed by atoms with Crippen molar-refractivity contribution in [2.45, 2.75) is 40.2 Å². The second-order valence-electron chi connectivity index (χ2n) is 7.96. The van der Waals surface area contributed by atoms with Crippen molar-refractivity contribution in [1.29, 1.82) is 0 Å². The number of anilines is 1. The third-order valence-electron chi connectivity index (χ3n) is 5.17. The Balaban J connectivity index is 1.65. The summed E-state index contributed by atoms with van der Waals surface area (Å²) in [6, 6.07) is 15.5. The molecule has 32 heavy (non-hydrogen) atoms. The van der Waals surface area contributed by atoms with E-state index in [-0.39, 0.29) is 11.8 Å². The largest absolute Gasteiger partial charge is 0.334 e. The fourth-order valence-electron chi connectivity index (χ4n) is 3.44. The number of para-hydroxylation sites is 1. The summed E-state index contributed by atoms with van der Waals surface area (Å²) in [7, 11) is 0. The molecule has 2 aromatic heterocycles. The number of nitrogens with one attached hydrogen (secondary N) is 1. The number of nitrogens with zero attached hydrogens (tertiary/aromatic N) is 4. The molecule has 0 aliphatic heterocycles. The Hall–Kier alpha value is -3.45. The molecule has 4 aromatic rings. The number of amides is 1. The van der Waals surface area contributed by atoms with E-state index in [1.165, 1.54) is 0 Å². The second kappa shape index (κ2) is 8.96. The molecule has 2 heterocycles. The van der Waals surface area contributed by atoms with Crippen molar-refractivity contribution < 1.29 is 9.32 Å². The Bertz CT molecular complexity index is 1260. The van der Waals surface area contributed by atoms with Gasteiger partial charge >= 0.3 is 0 Å². The highest BCUT2D eigenvalue weighted by Crippen LogP contribution is 2.32. The molecule has 0 unspecified atom stereocenters. The summed E-state index contributed by atoms with van der Waals surface area (Å²) >= 11 is 6.57. The van der Waals surface area contributed by atoms with Crippen LogP contribution in [-0.2, 0) is 6.54 Å². The molecule has 1 amide bonds. The molecule has 164 valence electrons. The zero-order valence-corrected chi connectivity index (χ0v) is 19.1. The highest BCUT2D eigenvalue weighted by molar-refractivity contribution is 6.33. The molecule has 0 bridgehead atoms. The summed E-state index contributed by atoms with van der Waals surface area (Å²) in [6.45, 7) is 8.14. The van der Waals surface area contributed by atoms with Crippen LogP contribution in [0.5, 0.6) is 0 Å². The van der Waals surface area contributed by atoms with Gasteiger partial charge in [0.2, 0.25) is 0 Å². The van der Waals surface area contributed by atoms with Gasteiger partial charge in [0.15, 0.2) is 5.82 Å². The van der Waals surface area contributed by atoms with Crippen LogP contribution < -0.4 is 5.32 Å². The quantitative estimate of drug-likeness (QED) is 0.412. The Morgan fingerprint density at radius 2 is 1.88 bits per heavy atom. The molecule has 7 nitrogen and oxygen atoms in total. The molecule has 0 atom stereocenters. The summed E-state index contributed by atoms with van der Waals surface area (Å²) in [6.07, 6.45) is 0. The molecular weight excluding hydrogens is 426 g/mol. The maximum Gasteiger partial charge on any atom is 0.260 e. The molecule has 0 fully saturated rings. The van der Waals surface area contributed by atoms with Crippen molar-refractivity contribution in [3.8, 4) is 11.5 Å². The van der Waals surface area contributed by atoms with Crippen LogP contribution >= 0.6 is 11.6 Å². The number of benzene rings is 2. The molecule has 0 radical (unpaired) electrons. The maximum absolute atomic E-state index is 13.3. The molecule has 0 saturated heterocycles. The lowest BCUT2D eigenvalue weighted by Crippen LogP contribution is -2.15. The van der Waals surface area contributed by atoms with Crippen LogP contribution in [0.3, 0.4) is 0 Å². The molecule has 0 aliphatic rings. The lowest BCUT2D eigenvalue weighted by molar-refractivity contribution is 0.102. The topological polar surface area (TPSA) is 85.8 Å². The van der Waals surface area contributed by atoms with Gasteiger partial charge in [-0.2, -0.15) is 10.1 Å². The van der Waals surface area contributed by atoms with E-state index in [0.717, 1.165) is 11.1 Å². The summed E-state index contributed by atoms with van der Waals surface area (Å²) in [5.41, 5.74) is 4.06. The third kappa shape index (κ3) is 4.29. The van der Waals surface area contributed by atoms with Gasteiger partial charge in [-0.05, 0) is 31.0 Å². The highest BCUT2D eigenvalue weighted by Gasteiger charge is 2.23. The molecule has 0 aliphatic carbocycles. The van der Waals surface area contributed by atoms with Gasteiger partial charge in [-0.15, -0.1) is 0 Å². The first-order valence-electron chi connectivity index (χ1n) is 10.4. The maximum atomic E-state index is 13.3. The van der Waals surface area contributed by atoms with E-state index in [9.17, 15) is 4.79 Å². The van der Waals surface area contributed by atoms with Gasteiger partial charge < -0.3 is 9.84 Å². The molecule has 0 saturated carbocycles. The predicted octanol–water partition coefficient (Wildman–Crippen LogP) is 5.63. The van der Waals surface area contributed by atoms with E-state index in [1.807, 2.05) is 69.3 Å². The number of carbonyl (C=O) groups is 1. The smallest absolute Gasteiger partial charge is 0.260 e. The van der Waals surface area contributed by atoms with Crippen LogP contribution in [0.15, 0.2) is 53.1 Å². The summed E-state index contributed by atoms with van der Waals surface area (Å²) in [5, 5.41) is 11.8. The monoisotopic (exact) mass is 449 g/mol. The number of hydrogen-bond acceptors (Lipinski definition) is 5. The normalized spacial score (nSPS) is 11.2. The van der Waals surface area contributed by atoms with Crippen molar-refractivity contribution in [2.24, 2.45) is 0 Å². The number of carbonyl (C=O) groups excluding carboxylic acids is 1. The first-order valence-corrected chi connectivity index (χ1v) is 10.7. The summed E-state index contributed by atoms with van der Waals surface area (Å²) in [5.74, 6) is 0.758. The Kier molecular flexibility index (Phi) is 6.10. The van der Waals surface area contributed by atoms with Gasteiger partial charge in [-0.3, -0.25) is 4.79 Å². The van der Waals surface area contributed by atoms with Crippen molar-refractivity contribution in [3.63, 3.8) is 0 Å². The zero-order valence-electron chi connectivity index (χ0n) is 18.4. The SMILES string of the molecule is Cc1cccc(-c2nc(C(C)C)no2)c1NC(=O)c1c(C)nn(Cc2ccccc2)c1Cl. The summed E-state index contributed by atoms with van der Waals surface area (Å²) < 4.78 is 7.09. The average molecular weight is 450 g/mol. The molecule has 2 aromatic carbocycles. The first-order chi connectivity index (χ1) is 15.3. The van der Waals surface area contributed by atoms with Crippen LogP contribution in [0.1, 0.15) is 52.8 Å². The zero-order chi connectivity index (χ0) is 22.8. The van der Waals surface area contributed by atoms with Crippen LogP contribution in [0.2, 0.25) is 5.15 Å². The van der Waals surface area contributed by atoms with Crippen LogP contribution in [-0.4, -0.2) is 25.8 Å². The van der Waals surface area contributed by atoms with E-state index < -0.39 is 0 Å². The van der Waals surface area contributed by atoms with E-state index in [2.05, 4.69) is 20.6 Å². The van der Waals surface area contributed by atoms with Gasteiger partial charge in [0.25, 0.3) is 11.8 Å². The minimum absolute atomic E-state index is 0.132. The molecule has 0 spiro atoms. The molecule has 1 N–H and O–H groups in total. The average Bonchev–Trinajstić information content (AvgIpc) is 3.35. The van der Waals surface area contributed by atoms with E-state index in [0.29, 0.717) is 45.9 Å². The fourth-order valence-corrected chi connectivity index (χ4v) is 3.76. The number of hydrogen-bond donors (Lipinski definition) is 1. The predicted molar refractivity (Wildman–Crippen MR) is 124 cm³/mol. The minimum atomic E-state index is -0.342. The standard InChI is InChI=1S/C24H24ClN5O2/c1-14(2)22-27-24(32-29-22)18-12-8-9-15(3)20(18)26-23(31)19-16(4)28-30(21(19)25)13-17-10-6-5-7-11-17/h5-12,14H,13H2,1-4H3,(H,26,31). The Morgan fingerprint density at radius 3 is 2.56 bits per heavy atom. The number of rotatable bonds is 6. The van der Waals surface area contributed by atoms with Gasteiger partial charge in [0.05, 0.1) is 29.1 Å². The highest BCUT2D eigenvalue weighted by atomic mass is 35.5. The molecule has 8 heteroatoms. The lowest BCUT2D eigenvalue weighted by atomic mass is 10.1. The molecular formula is C24H24ClN5O2. The third-order valence-corrected chi connectivity index (χ3v) is 5.55. The first kappa shape index (κ1) is 21.8. The summed E-state index contributed by atoms with van der Waals surface area (Å²) in [4.78, 5) is 17.7. The van der Waals surface area contributed by atoms with Gasteiger partial charge in [0, 0.05) is 5.92 Å². The van der Waals surface area contributed by atoms with Crippen molar-refractivity contribution in [2.75, 3.05) is 5.32 Å². The van der Waals surface area contributed by atoms with Crippen molar-refractivity contribution >= 4 is 23.2 Å². The minimum Gasteiger partial charge on any atom is -0.334 e. The molecule has 4 rings (SSSR count). The Morgan fingerprint density at radius 1 is 1.12 bits per heavy atom. The second-order valence-corrected chi connectivity index (χ2v) is 8.32. The number of aromatic nitrogens is 4. The lowest BCUT2D eigenvalue weighted by Gasteiger charge is -2.12. The van der Waals surface area contributed by atoms with Crippen LogP contribution in [0, 0.1) is 13.8 Å². The Labute approximate surface area is 191 Å². The van der Waals surface area contributed by atoms with Crippen LogP contribution in [0.4, 0.5) is 5.69 Å². The van der Waals surface area contributed by atoms with E-state index in [4.69, 9.17) is 16.1 Å². The van der Waals surface area contributed by atoms with Gasteiger partial charge in [0.1, 0.15) is 5.15 Å². The van der Waals surface area contributed by atoms with E-state index >= 15 is 0 Å².